The summed E-state index contributed by atoms with van der Waals surface area (Å²) in [5.41, 5.74) is 1.08. The molecule has 0 aliphatic rings. The van der Waals surface area contributed by atoms with Crippen LogP contribution in [0.2, 0.25) is 0 Å². The molecule has 0 spiro atoms. The Hall–Kier alpha value is -2.61. The fourth-order valence-corrected chi connectivity index (χ4v) is 0.666. The SMILES string of the molecule is C#CC.CC#CC.CC#Cc1ccccc1.CC#N. The Bertz CT molecular complexity index is 458. The summed E-state index contributed by atoms with van der Waals surface area (Å²) in [6.45, 7) is 8.56. The van der Waals surface area contributed by atoms with Gasteiger partial charge in [-0.25, -0.2) is 0 Å². The van der Waals surface area contributed by atoms with E-state index in [2.05, 4.69) is 36.0 Å². The second-order valence-electron chi connectivity index (χ2n) is 2.75. The lowest BCUT2D eigenvalue weighted by molar-refractivity contribution is 1.49. The first kappa shape index (κ1) is 21.7. The maximum atomic E-state index is 7.32. The molecule has 0 unspecified atom stereocenters. The molecular formula is C18H21N. The van der Waals surface area contributed by atoms with Gasteiger partial charge < -0.3 is 0 Å². The van der Waals surface area contributed by atoms with E-state index in [-0.39, 0.29) is 0 Å². The molecule has 98 valence electrons. The first-order chi connectivity index (χ1) is 9.17. The van der Waals surface area contributed by atoms with Crippen LogP contribution in [0.5, 0.6) is 0 Å². The summed E-state index contributed by atoms with van der Waals surface area (Å²) in [7, 11) is 0. The molecule has 0 bridgehead atoms. The van der Waals surface area contributed by atoms with E-state index < -0.39 is 0 Å². The first-order valence-corrected chi connectivity index (χ1v) is 5.67. The Labute approximate surface area is 118 Å². The molecule has 0 fully saturated rings. The molecule has 0 atom stereocenters. The molecule has 0 saturated carbocycles. The van der Waals surface area contributed by atoms with Gasteiger partial charge in [0.05, 0.1) is 6.07 Å². The van der Waals surface area contributed by atoms with Crippen molar-refractivity contribution in [1.82, 2.24) is 0 Å². The number of terminal acetylenes is 1. The molecule has 0 N–H and O–H groups in total. The van der Waals surface area contributed by atoms with Crippen LogP contribution < -0.4 is 0 Å². The Kier molecular flexibility index (Phi) is 28.0. The highest BCUT2D eigenvalue weighted by molar-refractivity contribution is 5.32. The lowest BCUT2D eigenvalue weighted by Gasteiger charge is -1.83. The highest BCUT2D eigenvalue weighted by Gasteiger charge is 1.77. The fraction of sp³-hybridized carbons (Fsp3) is 0.278. The van der Waals surface area contributed by atoms with Crippen LogP contribution in [0.3, 0.4) is 0 Å². The largest absolute Gasteiger partial charge is 0.199 e. The molecular weight excluding hydrogens is 230 g/mol. The quantitative estimate of drug-likeness (QED) is 0.632. The minimum Gasteiger partial charge on any atom is -0.199 e. The zero-order valence-electron chi connectivity index (χ0n) is 12.4. The van der Waals surface area contributed by atoms with Gasteiger partial charge in [-0.15, -0.1) is 30.1 Å². The number of hydrogen-bond acceptors (Lipinski definition) is 1. The zero-order chi connectivity index (χ0) is 15.4. The Morgan fingerprint density at radius 1 is 0.842 bits per heavy atom. The third kappa shape index (κ3) is 31.3. The summed E-state index contributed by atoms with van der Waals surface area (Å²) < 4.78 is 0. The topological polar surface area (TPSA) is 23.8 Å². The summed E-state index contributed by atoms with van der Waals surface area (Å²) in [5, 5.41) is 7.32. The summed E-state index contributed by atoms with van der Waals surface area (Å²) in [6, 6.07) is 11.7. The molecule has 0 aliphatic carbocycles. The molecule has 0 radical (unpaired) electrons. The van der Waals surface area contributed by atoms with E-state index in [1.165, 1.54) is 6.92 Å². The van der Waals surface area contributed by atoms with E-state index in [4.69, 9.17) is 5.26 Å². The van der Waals surface area contributed by atoms with Crippen LogP contribution in [-0.4, -0.2) is 0 Å². The molecule has 19 heavy (non-hydrogen) atoms. The van der Waals surface area contributed by atoms with Crippen molar-refractivity contribution in [2.45, 2.75) is 34.6 Å². The highest BCUT2D eigenvalue weighted by Crippen LogP contribution is 1.93. The van der Waals surface area contributed by atoms with Crippen molar-refractivity contribution in [3.63, 3.8) is 0 Å². The van der Waals surface area contributed by atoms with Gasteiger partial charge in [0.25, 0.3) is 0 Å². The molecule has 0 aliphatic heterocycles. The summed E-state index contributed by atoms with van der Waals surface area (Å²) in [4.78, 5) is 0. The number of nitriles is 1. The van der Waals surface area contributed by atoms with E-state index in [9.17, 15) is 0 Å². The van der Waals surface area contributed by atoms with Gasteiger partial charge in [-0.3, -0.25) is 0 Å². The molecule has 0 saturated heterocycles. The maximum Gasteiger partial charge on any atom is 0.0587 e. The maximum absolute atomic E-state index is 7.32. The smallest absolute Gasteiger partial charge is 0.0587 e. The van der Waals surface area contributed by atoms with Crippen molar-refractivity contribution in [3.8, 4) is 42.1 Å². The molecule has 0 aromatic heterocycles. The first-order valence-electron chi connectivity index (χ1n) is 5.67. The van der Waals surface area contributed by atoms with Crippen LogP contribution in [0.1, 0.15) is 40.2 Å². The highest BCUT2D eigenvalue weighted by atomic mass is 14.2. The van der Waals surface area contributed by atoms with Gasteiger partial charge in [-0.05, 0) is 39.8 Å². The number of hydrogen-bond donors (Lipinski definition) is 0. The predicted molar refractivity (Wildman–Crippen MR) is 83.9 cm³/mol. The number of benzene rings is 1. The van der Waals surface area contributed by atoms with E-state index >= 15 is 0 Å². The third-order valence-corrected chi connectivity index (χ3v) is 1.29. The Balaban J connectivity index is -0.000000216. The second-order valence-corrected chi connectivity index (χ2v) is 2.75. The van der Waals surface area contributed by atoms with Crippen LogP contribution >= 0.6 is 0 Å². The molecule has 0 amide bonds. The summed E-state index contributed by atoms with van der Waals surface area (Å²) in [6.07, 6.45) is 4.60. The molecule has 1 aromatic rings. The van der Waals surface area contributed by atoms with Gasteiger partial charge in [0.15, 0.2) is 0 Å². The van der Waals surface area contributed by atoms with Crippen molar-refractivity contribution in [2.75, 3.05) is 0 Å². The van der Waals surface area contributed by atoms with E-state index in [0.29, 0.717) is 0 Å². The van der Waals surface area contributed by atoms with Crippen LogP contribution in [0.25, 0.3) is 0 Å². The summed E-state index contributed by atoms with van der Waals surface area (Å²) in [5.74, 6) is 13.4. The predicted octanol–water partition coefficient (Wildman–Crippen LogP) is 4.26. The fourth-order valence-electron chi connectivity index (χ4n) is 0.666. The zero-order valence-corrected chi connectivity index (χ0v) is 12.4. The van der Waals surface area contributed by atoms with E-state index in [1.807, 2.05) is 51.1 Å². The second kappa shape index (κ2) is 24.6. The molecule has 1 nitrogen and oxygen atoms in total. The van der Waals surface area contributed by atoms with E-state index in [0.717, 1.165) is 5.56 Å². The average molecular weight is 251 g/mol. The van der Waals surface area contributed by atoms with Crippen molar-refractivity contribution in [2.24, 2.45) is 0 Å². The van der Waals surface area contributed by atoms with Gasteiger partial charge in [0, 0.05) is 12.5 Å². The van der Waals surface area contributed by atoms with Gasteiger partial charge in [0.1, 0.15) is 0 Å². The van der Waals surface area contributed by atoms with Crippen molar-refractivity contribution in [3.05, 3.63) is 35.9 Å². The molecule has 1 aromatic carbocycles. The summed E-state index contributed by atoms with van der Waals surface area (Å²) >= 11 is 0. The lowest BCUT2D eigenvalue weighted by atomic mass is 10.2. The standard InChI is InChI=1S/C9H8.C4H6.C3H4.C2H3N/c1-2-6-9-7-4-3-5-8-9;1-3-4-2;1-3-2;1-2-3/h3-5,7-8H,1H3;1-2H3;1H,2H3;1H3. The van der Waals surface area contributed by atoms with Crippen LogP contribution in [0.15, 0.2) is 30.3 Å². The monoisotopic (exact) mass is 251 g/mol. The normalized spacial score (nSPS) is 5.21. The van der Waals surface area contributed by atoms with E-state index in [1.54, 1.807) is 13.0 Å². The van der Waals surface area contributed by atoms with Gasteiger partial charge in [-0.1, -0.05) is 24.1 Å². The van der Waals surface area contributed by atoms with Gasteiger partial charge >= 0.3 is 0 Å². The van der Waals surface area contributed by atoms with Gasteiger partial charge in [-0.2, -0.15) is 5.26 Å². The van der Waals surface area contributed by atoms with Gasteiger partial charge in [0.2, 0.25) is 0 Å². The third-order valence-electron chi connectivity index (χ3n) is 1.29. The molecule has 0 heterocycles. The minimum absolute atomic E-state index is 1.08. The Morgan fingerprint density at radius 3 is 1.47 bits per heavy atom. The number of rotatable bonds is 0. The van der Waals surface area contributed by atoms with Crippen LogP contribution in [0.4, 0.5) is 0 Å². The Morgan fingerprint density at radius 2 is 1.21 bits per heavy atom. The lowest BCUT2D eigenvalue weighted by Crippen LogP contribution is -1.67. The minimum atomic E-state index is 1.08. The van der Waals surface area contributed by atoms with Crippen molar-refractivity contribution < 1.29 is 0 Å². The molecule has 1 heteroatoms. The molecule has 1 rings (SSSR count). The van der Waals surface area contributed by atoms with Crippen molar-refractivity contribution >= 4 is 0 Å². The van der Waals surface area contributed by atoms with Crippen LogP contribution in [0, 0.1) is 47.4 Å². The number of nitrogens with zero attached hydrogens (tertiary/aromatic N) is 1. The van der Waals surface area contributed by atoms with Crippen LogP contribution in [-0.2, 0) is 0 Å². The van der Waals surface area contributed by atoms with Crippen molar-refractivity contribution in [1.29, 1.82) is 5.26 Å². The average Bonchev–Trinajstić information content (AvgIpc) is 2.42.